The van der Waals surface area contributed by atoms with Crippen molar-refractivity contribution in [3.05, 3.63) is 11.8 Å². The van der Waals surface area contributed by atoms with E-state index in [-0.39, 0.29) is 0 Å². The summed E-state index contributed by atoms with van der Waals surface area (Å²) in [5.41, 5.74) is 6.89. The molecule has 0 bridgehead atoms. The molecule has 1 aliphatic heterocycles. The Bertz CT molecular complexity index is 289. The molecule has 1 aromatic rings. The van der Waals surface area contributed by atoms with Crippen LogP contribution in [0.25, 0.3) is 0 Å². The van der Waals surface area contributed by atoms with Crippen LogP contribution in [0, 0.1) is 6.92 Å². The molecule has 1 aromatic heterocycles. The molecular formula is C9H15N3S. The number of aromatic nitrogens is 2. The monoisotopic (exact) mass is 197 g/mol. The summed E-state index contributed by atoms with van der Waals surface area (Å²) in [6.45, 7) is 1.99. The van der Waals surface area contributed by atoms with E-state index in [2.05, 4.69) is 5.10 Å². The van der Waals surface area contributed by atoms with Crippen molar-refractivity contribution >= 4 is 17.6 Å². The fourth-order valence-corrected chi connectivity index (χ4v) is 2.84. The number of nitrogen functional groups attached to an aromatic ring is 1. The molecule has 3 nitrogen and oxygen atoms in total. The van der Waals surface area contributed by atoms with Gasteiger partial charge in [-0.3, -0.25) is 0 Å². The van der Waals surface area contributed by atoms with Crippen LogP contribution in [0.2, 0.25) is 0 Å². The van der Waals surface area contributed by atoms with E-state index in [1.165, 1.54) is 24.3 Å². The van der Waals surface area contributed by atoms with E-state index in [9.17, 15) is 0 Å². The molecular weight excluding hydrogens is 182 g/mol. The van der Waals surface area contributed by atoms with Crippen LogP contribution in [0.4, 0.5) is 5.82 Å². The largest absolute Gasteiger partial charge is 0.384 e. The SMILES string of the molecule is Cc1cc(N)n(C2CCSCC2)n1. The Morgan fingerprint density at radius 2 is 2.23 bits per heavy atom. The number of hydrogen-bond acceptors (Lipinski definition) is 3. The number of anilines is 1. The van der Waals surface area contributed by atoms with Crippen molar-refractivity contribution in [3.8, 4) is 0 Å². The molecule has 0 spiro atoms. The molecule has 72 valence electrons. The summed E-state index contributed by atoms with van der Waals surface area (Å²) in [5, 5.41) is 4.42. The lowest BCUT2D eigenvalue weighted by Gasteiger charge is -2.22. The highest BCUT2D eigenvalue weighted by Gasteiger charge is 2.17. The molecule has 13 heavy (non-hydrogen) atoms. The van der Waals surface area contributed by atoms with Gasteiger partial charge in [-0.2, -0.15) is 16.9 Å². The van der Waals surface area contributed by atoms with Gasteiger partial charge in [-0.25, -0.2) is 4.68 Å². The van der Waals surface area contributed by atoms with E-state index in [1.807, 2.05) is 29.4 Å². The van der Waals surface area contributed by atoms with Crippen LogP contribution in [-0.4, -0.2) is 21.3 Å². The van der Waals surface area contributed by atoms with Crippen LogP contribution < -0.4 is 5.73 Å². The number of thioether (sulfide) groups is 1. The minimum atomic E-state index is 0.537. The van der Waals surface area contributed by atoms with Crippen LogP contribution in [0.15, 0.2) is 6.07 Å². The maximum Gasteiger partial charge on any atom is 0.122 e. The molecule has 2 N–H and O–H groups in total. The van der Waals surface area contributed by atoms with E-state index in [4.69, 9.17) is 5.73 Å². The predicted molar refractivity (Wildman–Crippen MR) is 57.0 cm³/mol. The van der Waals surface area contributed by atoms with Crippen LogP contribution in [0.1, 0.15) is 24.6 Å². The number of nitrogens with zero attached hydrogens (tertiary/aromatic N) is 2. The standard InChI is InChI=1S/C9H15N3S/c1-7-6-9(10)12(11-7)8-2-4-13-5-3-8/h6,8H,2-5,10H2,1H3. The molecule has 0 aliphatic carbocycles. The zero-order valence-corrected chi connectivity index (χ0v) is 8.68. The summed E-state index contributed by atoms with van der Waals surface area (Å²) in [7, 11) is 0. The van der Waals surface area contributed by atoms with Gasteiger partial charge in [0.05, 0.1) is 11.7 Å². The first kappa shape index (κ1) is 8.94. The topological polar surface area (TPSA) is 43.8 Å². The van der Waals surface area contributed by atoms with Crippen molar-refractivity contribution in [2.75, 3.05) is 17.2 Å². The molecule has 0 unspecified atom stereocenters. The lowest BCUT2D eigenvalue weighted by atomic mass is 10.2. The first-order chi connectivity index (χ1) is 6.27. The third-order valence-electron chi connectivity index (χ3n) is 2.42. The summed E-state index contributed by atoms with van der Waals surface area (Å²) in [6.07, 6.45) is 2.41. The zero-order chi connectivity index (χ0) is 9.26. The summed E-state index contributed by atoms with van der Waals surface area (Å²) >= 11 is 2.02. The van der Waals surface area contributed by atoms with E-state index >= 15 is 0 Å². The number of nitrogens with two attached hydrogens (primary N) is 1. The second-order valence-corrected chi connectivity index (χ2v) is 4.72. The van der Waals surface area contributed by atoms with Gasteiger partial charge in [0.15, 0.2) is 0 Å². The van der Waals surface area contributed by atoms with Gasteiger partial charge in [-0.05, 0) is 31.3 Å². The quantitative estimate of drug-likeness (QED) is 0.747. The lowest BCUT2D eigenvalue weighted by Crippen LogP contribution is -2.18. The van der Waals surface area contributed by atoms with Gasteiger partial charge in [0.25, 0.3) is 0 Å². The van der Waals surface area contributed by atoms with Gasteiger partial charge < -0.3 is 5.73 Å². The molecule has 4 heteroatoms. The smallest absolute Gasteiger partial charge is 0.122 e. The maximum absolute atomic E-state index is 5.87. The average Bonchev–Trinajstić information content (AvgIpc) is 2.47. The maximum atomic E-state index is 5.87. The molecule has 0 atom stereocenters. The molecule has 0 amide bonds. The molecule has 2 rings (SSSR count). The lowest BCUT2D eigenvalue weighted by molar-refractivity contribution is 0.431. The van der Waals surface area contributed by atoms with E-state index in [0.29, 0.717) is 6.04 Å². The number of aryl methyl sites for hydroxylation is 1. The van der Waals surface area contributed by atoms with Crippen LogP contribution in [-0.2, 0) is 0 Å². The molecule has 1 aliphatic rings. The Balaban J connectivity index is 2.18. The van der Waals surface area contributed by atoms with Gasteiger partial charge in [0.2, 0.25) is 0 Å². The van der Waals surface area contributed by atoms with E-state index < -0.39 is 0 Å². The Labute approximate surface area is 82.7 Å². The van der Waals surface area contributed by atoms with Gasteiger partial charge in [0, 0.05) is 6.07 Å². The third kappa shape index (κ3) is 1.82. The summed E-state index contributed by atoms with van der Waals surface area (Å²) in [5.74, 6) is 3.29. The molecule has 0 saturated carbocycles. The summed E-state index contributed by atoms with van der Waals surface area (Å²) in [6, 6.07) is 2.48. The molecule has 0 radical (unpaired) electrons. The third-order valence-corrected chi connectivity index (χ3v) is 3.47. The second-order valence-electron chi connectivity index (χ2n) is 3.50. The first-order valence-corrected chi connectivity index (χ1v) is 5.82. The normalized spacial score (nSPS) is 19.2. The van der Waals surface area contributed by atoms with Gasteiger partial charge in [-0.1, -0.05) is 0 Å². The van der Waals surface area contributed by atoms with Crippen LogP contribution >= 0.6 is 11.8 Å². The minimum absolute atomic E-state index is 0.537. The van der Waals surface area contributed by atoms with Crippen LogP contribution in [0.5, 0.6) is 0 Å². The predicted octanol–water partition coefficient (Wildman–Crippen LogP) is 1.84. The molecule has 1 fully saturated rings. The van der Waals surface area contributed by atoms with Crippen LogP contribution in [0.3, 0.4) is 0 Å². The molecule has 0 aromatic carbocycles. The highest BCUT2D eigenvalue weighted by molar-refractivity contribution is 7.99. The Hall–Kier alpha value is -0.640. The van der Waals surface area contributed by atoms with Crippen molar-refractivity contribution in [1.82, 2.24) is 9.78 Å². The van der Waals surface area contributed by atoms with Crippen molar-refractivity contribution in [3.63, 3.8) is 0 Å². The van der Waals surface area contributed by atoms with Gasteiger partial charge >= 0.3 is 0 Å². The highest BCUT2D eigenvalue weighted by atomic mass is 32.2. The number of rotatable bonds is 1. The van der Waals surface area contributed by atoms with Crippen molar-refractivity contribution < 1.29 is 0 Å². The Kier molecular flexibility index (Phi) is 2.49. The summed E-state index contributed by atoms with van der Waals surface area (Å²) < 4.78 is 2.00. The van der Waals surface area contributed by atoms with E-state index in [0.717, 1.165) is 11.5 Å². The first-order valence-electron chi connectivity index (χ1n) is 4.67. The average molecular weight is 197 g/mol. The Morgan fingerprint density at radius 3 is 2.77 bits per heavy atom. The highest BCUT2D eigenvalue weighted by Crippen LogP contribution is 2.28. The second kappa shape index (κ2) is 3.62. The molecule has 2 heterocycles. The fraction of sp³-hybridized carbons (Fsp3) is 0.667. The fourth-order valence-electron chi connectivity index (χ4n) is 1.76. The zero-order valence-electron chi connectivity index (χ0n) is 7.86. The van der Waals surface area contributed by atoms with Gasteiger partial charge in [0.1, 0.15) is 5.82 Å². The van der Waals surface area contributed by atoms with Crippen molar-refractivity contribution in [2.45, 2.75) is 25.8 Å². The Morgan fingerprint density at radius 1 is 1.54 bits per heavy atom. The van der Waals surface area contributed by atoms with Crippen molar-refractivity contribution in [2.24, 2.45) is 0 Å². The van der Waals surface area contributed by atoms with Gasteiger partial charge in [-0.15, -0.1) is 0 Å². The van der Waals surface area contributed by atoms with Crippen molar-refractivity contribution in [1.29, 1.82) is 0 Å². The molecule has 1 saturated heterocycles. The van der Waals surface area contributed by atoms with E-state index in [1.54, 1.807) is 0 Å². The minimum Gasteiger partial charge on any atom is -0.384 e. The summed E-state index contributed by atoms with van der Waals surface area (Å²) in [4.78, 5) is 0. The number of hydrogen-bond donors (Lipinski definition) is 1.